The van der Waals surface area contributed by atoms with E-state index in [1.807, 2.05) is 0 Å². The molecule has 0 unspecified atom stereocenters. The Kier molecular flexibility index (Phi) is 4.71. The molecule has 2 aromatic carbocycles. The fraction of sp³-hybridized carbons (Fsp3) is 0.118. The predicted molar refractivity (Wildman–Crippen MR) is 97.3 cm³/mol. The van der Waals surface area contributed by atoms with Crippen molar-refractivity contribution in [3.63, 3.8) is 0 Å². The van der Waals surface area contributed by atoms with E-state index in [-0.39, 0.29) is 29.2 Å². The van der Waals surface area contributed by atoms with E-state index >= 15 is 0 Å². The molecule has 10 nitrogen and oxygen atoms in total. The monoisotopic (exact) mass is 370 g/mol. The van der Waals surface area contributed by atoms with Crippen LogP contribution in [0.25, 0.3) is 10.9 Å². The van der Waals surface area contributed by atoms with E-state index in [1.54, 1.807) is 13.0 Å². The van der Waals surface area contributed by atoms with E-state index in [2.05, 4.69) is 10.3 Å². The zero-order valence-corrected chi connectivity index (χ0v) is 14.1. The molecule has 0 amide bonds. The summed E-state index contributed by atoms with van der Waals surface area (Å²) in [5.74, 6) is -0.635. The SMILES string of the molecule is CCOC(=O)c1cc2c(Nc3cccc([N+](=O)[O-])c3)ccc([N+](=O)[O-])c2[nH]1. The molecule has 3 aromatic rings. The first kappa shape index (κ1) is 17.9. The van der Waals surface area contributed by atoms with Gasteiger partial charge in [-0.25, -0.2) is 4.79 Å². The Morgan fingerprint density at radius 3 is 2.59 bits per heavy atom. The summed E-state index contributed by atoms with van der Waals surface area (Å²) < 4.78 is 4.92. The van der Waals surface area contributed by atoms with Gasteiger partial charge < -0.3 is 15.0 Å². The van der Waals surface area contributed by atoms with Crippen molar-refractivity contribution in [2.24, 2.45) is 0 Å². The summed E-state index contributed by atoms with van der Waals surface area (Å²) in [5.41, 5.74) is 0.799. The van der Waals surface area contributed by atoms with Crippen LogP contribution in [0, 0.1) is 20.2 Å². The molecule has 1 aromatic heterocycles. The molecule has 0 saturated heterocycles. The number of ether oxygens (including phenoxy) is 1. The van der Waals surface area contributed by atoms with Crippen molar-refractivity contribution in [3.8, 4) is 0 Å². The quantitative estimate of drug-likeness (QED) is 0.381. The highest BCUT2D eigenvalue weighted by molar-refractivity contribution is 6.04. The van der Waals surface area contributed by atoms with Crippen LogP contribution in [0.4, 0.5) is 22.7 Å². The van der Waals surface area contributed by atoms with Crippen LogP contribution < -0.4 is 5.32 Å². The van der Waals surface area contributed by atoms with Crippen molar-refractivity contribution in [1.82, 2.24) is 4.98 Å². The number of fused-ring (bicyclic) bond motifs is 1. The summed E-state index contributed by atoms with van der Waals surface area (Å²) in [5, 5.41) is 25.6. The molecule has 0 aliphatic heterocycles. The van der Waals surface area contributed by atoms with E-state index in [9.17, 15) is 25.0 Å². The molecular weight excluding hydrogens is 356 g/mol. The van der Waals surface area contributed by atoms with Gasteiger partial charge in [-0.1, -0.05) is 6.07 Å². The van der Waals surface area contributed by atoms with Crippen LogP contribution in [-0.4, -0.2) is 27.4 Å². The van der Waals surface area contributed by atoms with Crippen LogP contribution in [0.5, 0.6) is 0 Å². The highest BCUT2D eigenvalue weighted by atomic mass is 16.6. The molecule has 138 valence electrons. The smallest absolute Gasteiger partial charge is 0.354 e. The third-order valence-corrected chi connectivity index (χ3v) is 3.80. The van der Waals surface area contributed by atoms with Crippen LogP contribution in [0.2, 0.25) is 0 Å². The highest BCUT2D eigenvalue weighted by Gasteiger charge is 2.20. The third-order valence-electron chi connectivity index (χ3n) is 3.80. The van der Waals surface area contributed by atoms with Crippen molar-refractivity contribution < 1.29 is 19.4 Å². The number of H-pyrrole nitrogens is 1. The molecule has 0 bridgehead atoms. The van der Waals surface area contributed by atoms with Crippen LogP contribution in [-0.2, 0) is 4.74 Å². The van der Waals surface area contributed by atoms with Crippen molar-refractivity contribution >= 4 is 39.6 Å². The number of aromatic nitrogens is 1. The molecule has 0 fully saturated rings. The normalized spacial score (nSPS) is 10.6. The number of esters is 1. The maximum atomic E-state index is 12.0. The van der Waals surface area contributed by atoms with Gasteiger partial charge in [0.25, 0.3) is 11.4 Å². The van der Waals surface area contributed by atoms with Crippen molar-refractivity contribution in [1.29, 1.82) is 0 Å². The highest BCUT2D eigenvalue weighted by Crippen LogP contribution is 2.34. The maximum absolute atomic E-state index is 12.0. The predicted octanol–water partition coefficient (Wildman–Crippen LogP) is 3.90. The van der Waals surface area contributed by atoms with E-state index in [0.29, 0.717) is 16.8 Å². The van der Waals surface area contributed by atoms with Gasteiger partial charge in [-0.2, -0.15) is 0 Å². The fourth-order valence-electron chi connectivity index (χ4n) is 2.64. The van der Waals surface area contributed by atoms with Gasteiger partial charge in [0.15, 0.2) is 0 Å². The number of hydrogen-bond acceptors (Lipinski definition) is 7. The Balaban J connectivity index is 2.09. The number of nitro benzene ring substituents is 2. The van der Waals surface area contributed by atoms with Crippen molar-refractivity contribution in [3.05, 3.63) is 68.4 Å². The number of nitrogens with one attached hydrogen (secondary N) is 2. The lowest BCUT2D eigenvalue weighted by Crippen LogP contribution is -2.04. The molecule has 27 heavy (non-hydrogen) atoms. The lowest BCUT2D eigenvalue weighted by molar-refractivity contribution is -0.384. The second-order valence-electron chi connectivity index (χ2n) is 5.51. The fourth-order valence-corrected chi connectivity index (χ4v) is 2.64. The molecule has 0 aliphatic carbocycles. The second-order valence-corrected chi connectivity index (χ2v) is 5.51. The van der Waals surface area contributed by atoms with E-state index in [1.165, 1.54) is 36.4 Å². The molecule has 0 radical (unpaired) electrons. The van der Waals surface area contributed by atoms with Crippen molar-refractivity contribution in [2.45, 2.75) is 6.92 Å². The van der Waals surface area contributed by atoms with Gasteiger partial charge in [0, 0.05) is 35.0 Å². The molecule has 2 N–H and O–H groups in total. The van der Waals surface area contributed by atoms with E-state index in [4.69, 9.17) is 4.74 Å². The lowest BCUT2D eigenvalue weighted by Gasteiger charge is -2.08. The van der Waals surface area contributed by atoms with E-state index in [0.717, 1.165) is 0 Å². The number of benzene rings is 2. The minimum absolute atomic E-state index is 0.0724. The first-order valence-corrected chi connectivity index (χ1v) is 7.89. The molecule has 0 atom stereocenters. The number of carbonyl (C=O) groups excluding carboxylic acids is 1. The van der Waals surface area contributed by atoms with Crippen LogP contribution in [0.15, 0.2) is 42.5 Å². The average molecular weight is 370 g/mol. The summed E-state index contributed by atoms with van der Waals surface area (Å²) in [6.45, 7) is 1.81. The van der Waals surface area contributed by atoms with Gasteiger partial charge in [0.1, 0.15) is 11.2 Å². The number of carbonyl (C=O) groups is 1. The zero-order valence-electron chi connectivity index (χ0n) is 14.1. The summed E-state index contributed by atoms with van der Waals surface area (Å²) in [6, 6.07) is 10.0. The number of rotatable bonds is 6. The van der Waals surface area contributed by atoms with Gasteiger partial charge in [-0.15, -0.1) is 0 Å². The Labute approximate surface area is 152 Å². The topological polar surface area (TPSA) is 140 Å². The number of non-ortho nitro benzene ring substituents is 2. The standard InChI is InChI=1S/C17H14N4O6/c1-2-27-17(22)14-9-12-13(6-7-15(21(25)26)16(12)19-14)18-10-4-3-5-11(8-10)20(23)24/h3-9,18-19H,2H2,1H3. The van der Waals surface area contributed by atoms with Gasteiger partial charge in [-0.3, -0.25) is 20.2 Å². The summed E-state index contributed by atoms with van der Waals surface area (Å²) in [4.78, 5) is 35.8. The number of aromatic amines is 1. The molecule has 0 saturated carbocycles. The Hall–Kier alpha value is -3.95. The van der Waals surface area contributed by atoms with Crippen LogP contribution >= 0.6 is 0 Å². The lowest BCUT2D eigenvalue weighted by atomic mass is 10.1. The Bertz CT molecular complexity index is 1060. The Morgan fingerprint density at radius 1 is 1.15 bits per heavy atom. The molecule has 1 heterocycles. The molecule has 3 rings (SSSR count). The molecular formula is C17H14N4O6. The average Bonchev–Trinajstić information content (AvgIpc) is 3.08. The van der Waals surface area contributed by atoms with Gasteiger partial charge >= 0.3 is 5.97 Å². The first-order valence-electron chi connectivity index (χ1n) is 7.89. The number of anilines is 2. The summed E-state index contributed by atoms with van der Waals surface area (Å²) in [7, 11) is 0. The van der Waals surface area contributed by atoms with Crippen LogP contribution in [0.1, 0.15) is 17.4 Å². The maximum Gasteiger partial charge on any atom is 0.354 e. The second kappa shape index (κ2) is 7.12. The number of hydrogen-bond donors (Lipinski definition) is 2. The third kappa shape index (κ3) is 3.54. The molecule has 10 heteroatoms. The number of nitro groups is 2. The van der Waals surface area contributed by atoms with Crippen LogP contribution in [0.3, 0.4) is 0 Å². The molecule has 0 spiro atoms. The summed E-state index contributed by atoms with van der Waals surface area (Å²) in [6.07, 6.45) is 0. The zero-order chi connectivity index (χ0) is 19.6. The van der Waals surface area contributed by atoms with E-state index < -0.39 is 15.8 Å². The molecule has 0 aliphatic rings. The minimum atomic E-state index is -0.635. The van der Waals surface area contributed by atoms with Gasteiger partial charge in [-0.05, 0) is 25.1 Å². The Morgan fingerprint density at radius 2 is 1.93 bits per heavy atom. The summed E-state index contributed by atoms with van der Waals surface area (Å²) >= 11 is 0. The van der Waals surface area contributed by atoms with Crippen molar-refractivity contribution in [2.75, 3.05) is 11.9 Å². The van der Waals surface area contributed by atoms with Gasteiger partial charge in [0.05, 0.1) is 16.5 Å². The number of nitrogens with zero attached hydrogens (tertiary/aromatic N) is 2. The van der Waals surface area contributed by atoms with Gasteiger partial charge in [0.2, 0.25) is 0 Å². The first-order chi connectivity index (χ1) is 12.9. The minimum Gasteiger partial charge on any atom is -0.461 e. The largest absolute Gasteiger partial charge is 0.461 e.